The Bertz CT molecular complexity index is 1210. The van der Waals surface area contributed by atoms with Gasteiger partial charge in [-0.1, -0.05) is 60.7 Å². The van der Waals surface area contributed by atoms with Gasteiger partial charge in [0.25, 0.3) is 5.91 Å². The Labute approximate surface area is 201 Å². The molecule has 1 fully saturated rings. The third kappa shape index (κ3) is 4.72. The number of amides is 1. The van der Waals surface area contributed by atoms with Crippen LogP contribution in [0.5, 0.6) is 0 Å². The SMILES string of the molecule is C[C@@H](NC(=O)c1ccc(S(C)(=O)=O)cc1N1CCCC1)C(O)(c1ccccc1)c1ccccc1. The van der Waals surface area contributed by atoms with E-state index in [2.05, 4.69) is 10.2 Å². The van der Waals surface area contributed by atoms with Gasteiger partial charge in [-0.25, -0.2) is 8.42 Å². The monoisotopic (exact) mass is 478 g/mol. The van der Waals surface area contributed by atoms with Gasteiger partial charge in [-0.15, -0.1) is 0 Å². The van der Waals surface area contributed by atoms with E-state index in [1.807, 2.05) is 60.7 Å². The summed E-state index contributed by atoms with van der Waals surface area (Å²) in [7, 11) is -3.41. The van der Waals surface area contributed by atoms with Crippen molar-refractivity contribution in [1.82, 2.24) is 5.32 Å². The minimum Gasteiger partial charge on any atom is -0.378 e. The van der Waals surface area contributed by atoms with Gasteiger partial charge >= 0.3 is 0 Å². The Morgan fingerprint density at radius 2 is 1.47 bits per heavy atom. The van der Waals surface area contributed by atoms with Gasteiger partial charge in [-0.3, -0.25) is 4.79 Å². The summed E-state index contributed by atoms with van der Waals surface area (Å²) in [4.78, 5) is 15.7. The average Bonchev–Trinajstić information content (AvgIpc) is 3.38. The number of sulfone groups is 1. The number of carbonyl (C=O) groups is 1. The van der Waals surface area contributed by atoms with E-state index in [1.54, 1.807) is 19.1 Å². The van der Waals surface area contributed by atoms with Gasteiger partial charge in [0.05, 0.1) is 22.2 Å². The van der Waals surface area contributed by atoms with E-state index in [1.165, 1.54) is 6.07 Å². The van der Waals surface area contributed by atoms with Crippen LogP contribution >= 0.6 is 0 Å². The Morgan fingerprint density at radius 1 is 0.941 bits per heavy atom. The second kappa shape index (κ2) is 9.60. The first-order chi connectivity index (χ1) is 16.2. The van der Waals surface area contributed by atoms with Crippen LogP contribution in [-0.2, 0) is 15.4 Å². The van der Waals surface area contributed by atoms with Crippen LogP contribution < -0.4 is 10.2 Å². The number of hydrogen-bond acceptors (Lipinski definition) is 5. The number of hydrogen-bond donors (Lipinski definition) is 2. The van der Waals surface area contributed by atoms with Gasteiger partial charge in [0.2, 0.25) is 0 Å². The molecular weight excluding hydrogens is 448 g/mol. The number of rotatable bonds is 7. The van der Waals surface area contributed by atoms with Crippen LogP contribution in [0.25, 0.3) is 0 Å². The van der Waals surface area contributed by atoms with Gasteiger partial charge in [0.1, 0.15) is 5.60 Å². The Balaban J connectivity index is 1.71. The predicted octanol–water partition coefficient (Wildman–Crippen LogP) is 3.74. The summed E-state index contributed by atoms with van der Waals surface area (Å²) in [5.74, 6) is -0.361. The first kappa shape index (κ1) is 24.0. The van der Waals surface area contributed by atoms with Crippen molar-refractivity contribution in [3.63, 3.8) is 0 Å². The number of nitrogens with zero attached hydrogens (tertiary/aromatic N) is 1. The predicted molar refractivity (Wildman–Crippen MR) is 134 cm³/mol. The zero-order valence-electron chi connectivity index (χ0n) is 19.4. The maximum Gasteiger partial charge on any atom is 0.253 e. The molecule has 0 saturated carbocycles. The summed E-state index contributed by atoms with van der Waals surface area (Å²) >= 11 is 0. The molecule has 4 rings (SSSR count). The number of benzene rings is 3. The zero-order valence-corrected chi connectivity index (χ0v) is 20.3. The Morgan fingerprint density at radius 3 is 1.97 bits per heavy atom. The van der Waals surface area contributed by atoms with Gasteiger partial charge in [0.15, 0.2) is 9.84 Å². The molecule has 34 heavy (non-hydrogen) atoms. The van der Waals surface area contributed by atoms with E-state index in [9.17, 15) is 18.3 Å². The van der Waals surface area contributed by atoms with Crippen LogP contribution in [-0.4, -0.2) is 44.8 Å². The van der Waals surface area contributed by atoms with Crippen LogP contribution in [0.2, 0.25) is 0 Å². The summed E-state index contributed by atoms with van der Waals surface area (Å²) in [6.07, 6.45) is 3.14. The molecule has 6 nitrogen and oxygen atoms in total. The van der Waals surface area contributed by atoms with Crippen LogP contribution in [0.15, 0.2) is 83.8 Å². The summed E-state index contributed by atoms with van der Waals surface area (Å²) < 4.78 is 24.3. The highest BCUT2D eigenvalue weighted by Gasteiger charge is 2.39. The van der Waals surface area contributed by atoms with Crippen LogP contribution in [0.1, 0.15) is 41.3 Å². The van der Waals surface area contributed by atoms with Gasteiger partial charge in [-0.05, 0) is 49.1 Å². The van der Waals surface area contributed by atoms with Gasteiger partial charge in [0, 0.05) is 19.3 Å². The lowest BCUT2D eigenvalue weighted by Crippen LogP contribution is -2.49. The molecule has 3 aromatic rings. The smallest absolute Gasteiger partial charge is 0.253 e. The molecule has 178 valence electrons. The number of aliphatic hydroxyl groups is 1. The molecule has 0 unspecified atom stereocenters. The lowest BCUT2D eigenvalue weighted by molar-refractivity contribution is 0.0404. The van der Waals surface area contributed by atoms with Crippen molar-refractivity contribution in [1.29, 1.82) is 0 Å². The van der Waals surface area contributed by atoms with Gasteiger partial charge in [-0.2, -0.15) is 0 Å². The molecule has 1 aliphatic rings. The second-order valence-corrected chi connectivity index (χ2v) is 10.9. The van der Waals surface area contributed by atoms with Crippen LogP contribution in [0.3, 0.4) is 0 Å². The molecule has 1 saturated heterocycles. The average molecular weight is 479 g/mol. The molecule has 1 amide bonds. The molecule has 1 atom stereocenters. The highest BCUT2D eigenvalue weighted by molar-refractivity contribution is 7.90. The summed E-state index contributed by atoms with van der Waals surface area (Å²) in [6, 6.07) is 22.5. The summed E-state index contributed by atoms with van der Waals surface area (Å²) in [5.41, 5.74) is 0.874. The largest absolute Gasteiger partial charge is 0.378 e. The maximum atomic E-state index is 13.5. The summed E-state index contributed by atoms with van der Waals surface area (Å²) in [6.45, 7) is 3.31. The molecule has 1 aliphatic heterocycles. The fourth-order valence-electron chi connectivity index (χ4n) is 4.58. The van der Waals surface area contributed by atoms with Crippen molar-refractivity contribution in [2.24, 2.45) is 0 Å². The topological polar surface area (TPSA) is 86.7 Å². The Kier molecular flexibility index (Phi) is 6.77. The molecule has 3 aromatic carbocycles. The fourth-order valence-corrected chi connectivity index (χ4v) is 5.22. The molecule has 1 heterocycles. The van der Waals surface area contributed by atoms with Crippen LogP contribution in [0, 0.1) is 0 Å². The maximum absolute atomic E-state index is 13.5. The minimum atomic E-state index is -3.41. The van der Waals surface area contributed by atoms with Crippen molar-refractivity contribution in [2.45, 2.75) is 36.3 Å². The van der Waals surface area contributed by atoms with Crippen molar-refractivity contribution in [3.05, 3.63) is 95.6 Å². The lowest BCUT2D eigenvalue weighted by Gasteiger charge is -2.36. The molecule has 0 aromatic heterocycles. The first-order valence-electron chi connectivity index (χ1n) is 11.4. The summed E-state index contributed by atoms with van der Waals surface area (Å²) in [5, 5.41) is 14.9. The van der Waals surface area contributed by atoms with Gasteiger partial charge < -0.3 is 15.3 Å². The van der Waals surface area contributed by atoms with Crippen molar-refractivity contribution in [3.8, 4) is 0 Å². The third-order valence-electron chi connectivity index (χ3n) is 6.49. The van der Waals surface area contributed by atoms with Crippen LogP contribution in [0.4, 0.5) is 5.69 Å². The lowest BCUT2D eigenvalue weighted by atomic mass is 9.80. The van der Waals surface area contributed by atoms with E-state index in [0.29, 0.717) is 22.4 Å². The molecule has 0 aliphatic carbocycles. The number of carbonyl (C=O) groups excluding carboxylic acids is 1. The van der Waals surface area contributed by atoms with Crippen molar-refractivity contribution in [2.75, 3.05) is 24.2 Å². The van der Waals surface area contributed by atoms with E-state index < -0.39 is 21.5 Å². The van der Waals surface area contributed by atoms with E-state index in [-0.39, 0.29) is 10.8 Å². The molecule has 2 N–H and O–H groups in total. The quantitative estimate of drug-likeness (QED) is 0.540. The fraction of sp³-hybridized carbons (Fsp3) is 0.296. The molecular formula is C27H30N2O4S. The molecule has 0 radical (unpaired) electrons. The van der Waals surface area contributed by atoms with E-state index >= 15 is 0 Å². The van der Waals surface area contributed by atoms with Crippen molar-refractivity contribution >= 4 is 21.4 Å². The molecule has 7 heteroatoms. The minimum absolute atomic E-state index is 0.184. The van der Waals surface area contributed by atoms with Crippen molar-refractivity contribution < 1.29 is 18.3 Å². The standard InChI is InChI=1S/C27H30N2O4S/c1-20(27(31,21-11-5-3-6-12-21)22-13-7-4-8-14-22)28-26(30)24-16-15-23(34(2,32)33)19-25(24)29-17-9-10-18-29/h3-8,11-16,19-20,31H,9-10,17-18H2,1-2H3,(H,28,30)/t20-/m1/s1. The first-order valence-corrected chi connectivity index (χ1v) is 13.3. The number of nitrogens with one attached hydrogen (secondary N) is 1. The normalized spacial score (nSPS) is 15.2. The van der Waals surface area contributed by atoms with E-state index in [0.717, 1.165) is 32.2 Å². The second-order valence-electron chi connectivity index (χ2n) is 8.84. The highest BCUT2D eigenvalue weighted by atomic mass is 32.2. The third-order valence-corrected chi connectivity index (χ3v) is 7.60. The zero-order chi connectivity index (χ0) is 24.3. The molecule has 0 spiro atoms. The number of anilines is 1. The Hall–Kier alpha value is -3.16. The van der Waals surface area contributed by atoms with E-state index in [4.69, 9.17) is 0 Å². The molecule has 0 bridgehead atoms. The highest BCUT2D eigenvalue weighted by Crippen LogP contribution is 2.34.